The molecule has 0 aliphatic rings. The molecule has 148 valence electrons. The minimum Gasteiger partial charge on any atom is -0.497 e. The lowest BCUT2D eigenvalue weighted by molar-refractivity contribution is -0.145. The number of hydrogen-bond acceptors (Lipinski definition) is 4. The highest BCUT2D eigenvalue weighted by molar-refractivity contribution is 5.76. The average molecular weight is 380 g/mol. The molecule has 0 fully saturated rings. The van der Waals surface area contributed by atoms with Crippen molar-refractivity contribution in [3.05, 3.63) is 59.9 Å². The van der Waals surface area contributed by atoms with Crippen LogP contribution in [0, 0.1) is 5.41 Å². The zero-order valence-corrected chi connectivity index (χ0v) is 17.1. The molecule has 0 saturated carbocycles. The number of rotatable bonds is 8. The number of carbonyl (C=O) groups is 1. The average Bonchev–Trinajstić information content (AvgIpc) is 2.98. The van der Waals surface area contributed by atoms with E-state index < -0.39 is 0 Å². The van der Waals surface area contributed by atoms with Gasteiger partial charge in [-0.05, 0) is 42.2 Å². The van der Waals surface area contributed by atoms with Gasteiger partial charge in [0.1, 0.15) is 11.6 Å². The molecule has 0 aliphatic carbocycles. The Balaban J connectivity index is 1.91. The van der Waals surface area contributed by atoms with Crippen LogP contribution in [-0.4, -0.2) is 29.2 Å². The van der Waals surface area contributed by atoms with Crippen LogP contribution in [0.3, 0.4) is 0 Å². The van der Waals surface area contributed by atoms with Gasteiger partial charge in [0, 0.05) is 13.0 Å². The van der Waals surface area contributed by atoms with Gasteiger partial charge in [0.25, 0.3) is 0 Å². The van der Waals surface area contributed by atoms with Gasteiger partial charge in [-0.15, -0.1) is 0 Å². The molecule has 5 heteroatoms. The molecule has 0 spiro atoms. The number of nitrogens with zero attached hydrogens (tertiary/aromatic N) is 2. The van der Waals surface area contributed by atoms with Gasteiger partial charge in [-0.3, -0.25) is 4.79 Å². The molecule has 3 rings (SSSR count). The molecule has 0 N–H and O–H groups in total. The lowest BCUT2D eigenvalue weighted by atomic mass is 9.85. The Morgan fingerprint density at radius 2 is 1.82 bits per heavy atom. The maximum Gasteiger partial charge on any atom is 0.306 e. The molecule has 0 radical (unpaired) electrons. The van der Waals surface area contributed by atoms with Gasteiger partial charge >= 0.3 is 5.97 Å². The first kappa shape index (κ1) is 19.9. The van der Waals surface area contributed by atoms with Crippen LogP contribution >= 0.6 is 0 Å². The zero-order chi connectivity index (χ0) is 20.1. The fourth-order valence-corrected chi connectivity index (χ4v) is 3.44. The van der Waals surface area contributed by atoms with E-state index in [1.807, 2.05) is 37.3 Å². The number of carbonyl (C=O) groups excluding carboxylic acids is 1. The molecule has 0 atom stereocenters. The normalized spacial score (nSPS) is 11.6. The van der Waals surface area contributed by atoms with Crippen LogP contribution in [-0.2, 0) is 22.5 Å². The van der Waals surface area contributed by atoms with Gasteiger partial charge in [0.05, 0.1) is 31.2 Å². The third-order valence-corrected chi connectivity index (χ3v) is 4.80. The lowest BCUT2D eigenvalue weighted by Crippen LogP contribution is -2.23. The Bertz CT molecular complexity index is 942. The number of hydrogen-bond donors (Lipinski definition) is 0. The van der Waals surface area contributed by atoms with Crippen LogP contribution in [0.1, 0.15) is 38.6 Å². The van der Waals surface area contributed by atoms with Gasteiger partial charge in [-0.1, -0.05) is 38.1 Å². The van der Waals surface area contributed by atoms with E-state index in [0.29, 0.717) is 19.4 Å². The van der Waals surface area contributed by atoms with Gasteiger partial charge in [0.2, 0.25) is 0 Å². The van der Waals surface area contributed by atoms with Crippen LogP contribution in [0.15, 0.2) is 48.5 Å². The molecular weight excluding hydrogens is 352 g/mol. The molecular formula is C23H28N2O3. The Hall–Kier alpha value is -2.82. The van der Waals surface area contributed by atoms with E-state index in [1.54, 1.807) is 7.11 Å². The fraction of sp³-hybridized carbons (Fsp3) is 0.391. The first-order valence-electron chi connectivity index (χ1n) is 9.64. The molecule has 2 aromatic carbocycles. The molecule has 5 nitrogen and oxygen atoms in total. The summed E-state index contributed by atoms with van der Waals surface area (Å²) in [4.78, 5) is 16.9. The van der Waals surface area contributed by atoms with Gasteiger partial charge in [-0.25, -0.2) is 4.98 Å². The van der Waals surface area contributed by atoms with Crippen molar-refractivity contribution in [2.24, 2.45) is 5.41 Å². The van der Waals surface area contributed by atoms with Gasteiger partial charge in [0.15, 0.2) is 0 Å². The Morgan fingerprint density at radius 1 is 1.11 bits per heavy atom. The highest BCUT2D eigenvalue weighted by atomic mass is 16.5. The second-order valence-electron chi connectivity index (χ2n) is 7.77. The van der Waals surface area contributed by atoms with Gasteiger partial charge < -0.3 is 14.0 Å². The van der Waals surface area contributed by atoms with Crippen molar-refractivity contribution < 1.29 is 14.3 Å². The zero-order valence-electron chi connectivity index (χ0n) is 17.1. The summed E-state index contributed by atoms with van der Waals surface area (Å²) in [7, 11) is 1.67. The van der Waals surface area contributed by atoms with Crippen molar-refractivity contribution in [1.82, 2.24) is 9.55 Å². The van der Waals surface area contributed by atoms with Crippen molar-refractivity contribution in [2.75, 3.05) is 13.7 Å². The Labute approximate surface area is 166 Å². The summed E-state index contributed by atoms with van der Waals surface area (Å²) in [5.74, 6) is 1.66. The van der Waals surface area contributed by atoms with E-state index >= 15 is 0 Å². The molecule has 0 aliphatic heterocycles. The Morgan fingerprint density at radius 3 is 2.50 bits per heavy atom. The quantitative estimate of drug-likeness (QED) is 0.535. The summed E-state index contributed by atoms with van der Waals surface area (Å²) in [5, 5.41) is 0. The highest BCUT2D eigenvalue weighted by Gasteiger charge is 2.26. The van der Waals surface area contributed by atoms with Crippen LogP contribution < -0.4 is 4.74 Å². The number of methoxy groups -OCH3 is 1. The predicted octanol–water partition coefficient (Wildman–Crippen LogP) is 4.62. The second-order valence-corrected chi connectivity index (χ2v) is 7.77. The Kier molecular flexibility index (Phi) is 6.02. The molecule has 1 heterocycles. The highest BCUT2D eigenvalue weighted by Crippen LogP contribution is 2.29. The summed E-state index contributed by atoms with van der Waals surface area (Å²) >= 11 is 0. The molecule has 3 aromatic rings. The van der Waals surface area contributed by atoms with E-state index in [0.717, 1.165) is 29.2 Å². The monoisotopic (exact) mass is 380 g/mol. The van der Waals surface area contributed by atoms with E-state index in [9.17, 15) is 4.79 Å². The van der Waals surface area contributed by atoms with E-state index in [-0.39, 0.29) is 11.4 Å². The topological polar surface area (TPSA) is 53.3 Å². The van der Waals surface area contributed by atoms with Crippen LogP contribution in [0.5, 0.6) is 5.75 Å². The summed E-state index contributed by atoms with van der Waals surface area (Å²) in [6.07, 6.45) is 1.06. The number of fused-ring (bicyclic) bond motifs is 1. The summed E-state index contributed by atoms with van der Waals surface area (Å²) < 4.78 is 12.6. The van der Waals surface area contributed by atoms with Crippen molar-refractivity contribution in [3.8, 4) is 5.75 Å². The number of ether oxygens (including phenoxy) is 2. The third-order valence-electron chi connectivity index (χ3n) is 4.80. The lowest BCUT2D eigenvalue weighted by Gasteiger charge is -2.23. The van der Waals surface area contributed by atoms with Crippen molar-refractivity contribution in [1.29, 1.82) is 0 Å². The van der Waals surface area contributed by atoms with E-state index in [4.69, 9.17) is 14.5 Å². The van der Waals surface area contributed by atoms with Crippen LogP contribution in [0.4, 0.5) is 0 Å². The van der Waals surface area contributed by atoms with Crippen molar-refractivity contribution >= 4 is 17.0 Å². The maximum absolute atomic E-state index is 12.0. The summed E-state index contributed by atoms with van der Waals surface area (Å²) in [6, 6.07) is 16.2. The van der Waals surface area contributed by atoms with Crippen LogP contribution in [0.25, 0.3) is 11.0 Å². The predicted molar refractivity (Wildman–Crippen MR) is 111 cm³/mol. The second kappa shape index (κ2) is 8.46. The number of aromatic nitrogens is 2. The van der Waals surface area contributed by atoms with Crippen molar-refractivity contribution in [2.45, 2.75) is 40.2 Å². The first-order chi connectivity index (χ1) is 13.4. The SMILES string of the molecule is CCOC(=O)CC(C)(C)Cc1nc2ccccc2n1Cc1ccc(OC)cc1. The maximum atomic E-state index is 12.0. The van der Waals surface area contributed by atoms with E-state index in [2.05, 4.69) is 36.6 Å². The largest absolute Gasteiger partial charge is 0.497 e. The smallest absolute Gasteiger partial charge is 0.306 e. The van der Waals surface area contributed by atoms with E-state index in [1.165, 1.54) is 5.56 Å². The molecule has 1 aromatic heterocycles. The van der Waals surface area contributed by atoms with Crippen molar-refractivity contribution in [3.63, 3.8) is 0 Å². The molecule has 28 heavy (non-hydrogen) atoms. The molecule has 0 unspecified atom stereocenters. The number of imidazole rings is 1. The number of benzene rings is 2. The molecule has 0 amide bonds. The fourth-order valence-electron chi connectivity index (χ4n) is 3.44. The number of para-hydroxylation sites is 2. The number of esters is 1. The molecule has 0 saturated heterocycles. The summed E-state index contributed by atoms with van der Waals surface area (Å²) in [5.41, 5.74) is 3.00. The van der Waals surface area contributed by atoms with Crippen LogP contribution in [0.2, 0.25) is 0 Å². The third kappa shape index (κ3) is 4.71. The minimum absolute atomic E-state index is 0.162. The summed E-state index contributed by atoms with van der Waals surface area (Å²) in [6.45, 7) is 7.13. The standard InChI is InChI=1S/C23H28N2O3/c1-5-28-22(26)15-23(2,3)14-21-24-19-8-6-7-9-20(19)25(21)16-17-10-12-18(27-4)13-11-17/h6-13H,5,14-16H2,1-4H3. The molecule has 0 bridgehead atoms. The first-order valence-corrected chi connectivity index (χ1v) is 9.64. The van der Waals surface area contributed by atoms with Gasteiger partial charge in [-0.2, -0.15) is 0 Å². The minimum atomic E-state index is -0.245.